The van der Waals surface area contributed by atoms with Gasteiger partial charge < -0.3 is 29.1 Å². The van der Waals surface area contributed by atoms with E-state index in [1.807, 2.05) is 36.4 Å². The zero-order chi connectivity index (χ0) is 23.2. The first-order valence-corrected chi connectivity index (χ1v) is 10.1. The van der Waals surface area contributed by atoms with Crippen LogP contribution < -0.4 is 14.8 Å². The minimum atomic E-state index is -1.46. The molecule has 4 aromatic rings. The number of carboxylic acid groups (broad SMARTS) is 1. The van der Waals surface area contributed by atoms with Crippen LogP contribution in [-0.4, -0.2) is 24.3 Å². The molecule has 1 aromatic heterocycles. The van der Waals surface area contributed by atoms with Crippen molar-refractivity contribution in [3.63, 3.8) is 0 Å². The number of carboxylic acids is 1. The summed E-state index contributed by atoms with van der Waals surface area (Å²) in [5.74, 6) is -0.232. The molecule has 0 fully saturated rings. The number of amides is 1. The maximum absolute atomic E-state index is 12.4. The smallest absolute Gasteiger partial charge is 0.408 e. The Labute approximate surface area is 189 Å². The summed E-state index contributed by atoms with van der Waals surface area (Å²) < 4.78 is 22.2. The second-order valence-corrected chi connectivity index (χ2v) is 7.05. The Balaban J connectivity index is 1.65. The molecule has 0 unspecified atom stereocenters. The maximum atomic E-state index is 12.4. The average molecular weight is 447 g/mol. The molecule has 0 bridgehead atoms. The standard InChI is InChI=1S/C25H21NO7/c1-30-22-18-12-13-31-23(18)20(33-17-10-6-3-7-11-17)14-19(22)21(24(27)28)26-25(29)32-15-16-8-4-2-5-9-16/h2-14,21H,15H2,1H3,(H,26,29)(H,27,28)/t21-/m1/s1. The Kier molecular flexibility index (Phi) is 6.45. The molecule has 1 heterocycles. The van der Waals surface area contributed by atoms with Crippen LogP contribution in [0.1, 0.15) is 17.2 Å². The van der Waals surface area contributed by atoms with Crippen molar-refractivity contribution < 1.29 is 33.3 Å². The quantitative estimate of drug-likeness (QED) is 0.378. The molecule has 0 aliphatic carbocycles. The summed E-state index contributed by atoms with van der Waals surface area (Å²) in [6.45, 7) is -0.000713. The van der Waals surface area contributed by atoms with E-state index in [1.54, 1.807) is 30.3 Å². The van der Waals surface area contributed by atoms with Gasteiger partial charge in [0.05, 0.1) is 18.8 Å². The van der Waals surface area contributed by atoms with Crippen molar-refractivity contribution in [3.8, 4) is 17.2 Å². The van der Waals surface area contributed by atoms with Gasteiger partial charge in [-0.3, -0.25) is 0 Å². The molecule has 8 nitrogen and oxygen atoms in total. The lowest BCUT2D eigenvalue weighted by Crippen LogP contribution is -2.34. The van der Waals surface area contributed by atoms with Crippen LogP contribution in [0.15, 0.2) is 83.5 Å². The van der Waals surface area contributed by atoms with E-state index in [-0.39, 0.29) is 23.7 Å². The number of carbonyl (C=O) groups is 2. The van der Waals surface area contributed by atoms with Gasteiger partial charge in [-0.1, -0.05) is 48.5 Å². The molecule has 0 aliphatic rings. The Morgan fingerprint density at radius 1 is 1.03 bits per heavy atom. The highest BCUT2D eigenvalue weighted by atomic mass is 16.5. The first kappa shape index (κ1) is 21.8. The number of hydrogen-bond donors (Lipinski definition) is 2. The van der Waals surface area contributed by atoms with Gasteiger partial charge in [0.1, 0.15) is 18.1 Å². The number of nitrogens with one attached hydrogen (secondary N) is 1. The van der Waals surface area contributed by atoms with Crippen LogP contribution in [0.2, 0.25) is 0 Å². The molecule has 0 saturated heterocycles. The molecular formula is C25H21NO7. The zero-order valence-electron chi connectivity index (χ0n) is 17.7. The Morgan fingerprint density at radius 2 is 1.73 bits per heavy atom. The van der Waals surface area contributed by atoms with Crippen molar-refractivity contribution in [2.75, 3.05) is 7.11 Å². The fourth-order valence-corrected chi connectivity index (χ4v) is 3.40. The molecule has 168 valence electrons. The van der Waals surface area contributed by atoms with Gasteiger partial charge in [0.25, 0.3) is 0 Å². The number of fused-ring (bicyclic) bond motifs is 1. The largest absolute Gasteiger partial charge is 0.496 e. The molecule has 1 amide bonds. The van der Waals surface area contributed by atoms with Gasteiger partial charge in [0.2, 0.25) is 0 Å². The fourth-order valence-electron chi connectivity index (χ4n) is 3.40. The second-order valence-electron chi connectivity index (χ2n) is 7.05. The van der Waals surface area contributed by atoms with E-state index < -0.39 is 18.1 Å². The van der Waals surface area contributed by atoms with Gasteiger partial charge in [0, 0.05) is 5.56 Å². The summed E-state index contributed by atoms with van der Waals surface area (Å²) in [6.07, 6.45) is 0.567. The topological polar surface area (TPSA) is 107 Å². The van der Waals surface area contributed by atoms with Crippen molar-refractivity contribution >= 4 is 23.0 Å². The number of benzene rings is 3. The monoisotopic (exact) mass is 447 g/mol. The van der Waals surface area contributed by atoms with Gasteiger partial charge >= 0.3 is 12.1 Å². The molecule has 1 atom stereocenters. The van der Waals surface area contributed by atoms with Crippen LogP contribution in [0.3, 0.4) is 0 Å². The van der Waals surface area contributed by atoms with Crippen molar-refractivity contribution in [3.05, 3.63) is 90.2 Å². The number of hydrogen-bond acceptors (Lipinski definition) is 6. The minimum absolute atomic E-state index is 0.000713. The first-order valence-electron chi connectivity index (χ1n) is 10.1. The van der Waals surface area contributed by atoms with Gasteiger partial charge in [-0.05, 0) is 29.8 Å². The lowest BCUT2D eigenvalue weighted by Gasteiger charge is -2.19. The molecule has 33 heavy (non-hydrogen) atoms. The van der Waals surface area contributed by atoms with Crippen LogP contribution in [0.4, 0.5) is 4.79 Å². The van der Waals surface area contributed by atoms with Crippen LogP contribution in [0.25, 0.3) is 11.0 Å². The van der Waals surface area contributed by atoms with E-state index in [0.29, 0.717) is 16.7 Å². The normalized spacial score (nSPS) is 11.5. The summed E-state index contributed by atoms with van der Waals surface area (Å²) in [6, 6.07) is 19.7. The lowest BCUT2D eigenvalue weighted by atomic mass is 10.0. The molecule has 0 saturated carbocycles. The summed E-state index contributed by atoms with van der Waals surface area (Å²) in [5, 5.41) is 12.8. The average Bonchev–Trinajstić information content (AvgIpc) is 3.32. The van der Waals surface area contributed by atoms with Gasteiger partial charge in [0.15, 0.2) is 17.4 Å². The highest BCUT2D eigenvalue weighted by molar-refractivity contribution is 5.93. The van der Waals surface area contributed by atoms with Crippen molar-refractivity contribution in [1.29, 1.82) is 0 Å². The first-order chi connectivity index (χ1) is 16.1. The van der Waals surface area contributed by atoms with E-state index in [2.05, 4.69) is 5.32 Å². The fraction of sp³-hybridized carbons (Fsp3) is 0.120. The van der Waals surface area contributed by atoms with E-state index in [4.69, 9.17) is 18.6 Å². The van der Waals surface area contributed by atoms with Crippen molar-refractivity contribution in [2.45, 2.75) is 12.6 Å². The third-order valence-corrected chi connectivity index (χ3v) is 4.89. The lowest BCUT2D eigenvalue weighted by molar-refractivity contribution is -0.139. The minimum Gasteiger partial charge on any atom is -0.496 e. The SMILES string of the molecule is COc1c([C@@H](NC(=O)OCc2ccccc2)C(=O)O)cc(Oc2ccccc2)c2occc12. The summed E-state index contributed by atoms with van der Waals surface area (Å²) in [4.78, 5) is 24.5. The Bertz CT molecular complexity index is 1250. The number of methoxy groups -OCH3 is 1. The number of para-hydroxylation sites is 1. The van der Waals surface area contributed by atoms with Crippen LogP contribution in [-0.2, 0) is 16.1 Å². The highest BCUT2D eigenvalue weighted by Crippen LogP contribution is 2.41. The highest BCUT2D eigenvalue weighted by Gasteiger charge is 2.30. The number of ether oxygens (including phenoxy) is 3. The Morgan fingerprint density at radius 3 is 2.39 bits per heavy atom. The van der Waals surface area contributed by atoms with Gasteiger partial charge in [-0.25, -0.2) is 9.59 Å². The molecule has 8 heteroatoms. The molecule has 0 radical (unpaired) electrons. The summed E-state index contributed by atoms with van der Waals surface area (Å²) in [5.41, 5.74) is 1.34. The summed E-state index contributed by atoms with van der Waals surface area (Å²) >= 11 is 0. The molecule has 4 rings (SSSR count). The van der Waals surface area contributed by atoms with E-state index in [0.717, 1.165) is 5.56 Å². The number of alkyl carbamates (subject to hydrolysis) is 1. The van der Waals surface area contributed by atoms with Crippen molar-refractivity contribution in [1.82, 2.24) is 5.32 Å². The molecule has 0 aliphatic heterocycles. The number of carbonyl (C=O) groups excluding carboxylic acids is 1. The van der Waals surface area contributed by atoms with E-state index in [1.165, 1.54) is 19.4 Å². The van der Waals surface area contributed by atoms with Gasteiger partial charge in [-0.2, -0.15) is 0 Å². The van der Waals surface area contributed by atoms with Crippen LogP contribution in [0.5, 0.6) is 17.2 Å². The molecular weight excluding hydrogens is 426 g/mol. The van der Waals surface area contributed by atoms with Gasteiger partial charge in [-0.15, -0.1) is 0 Å². The third-order valence-electron chi connectivity index (χ3n) is 4.89. The Hall–Kier alpha value is -4.46. The van der Waals surface area contributed by atoms with Crippen LogP contribution in [0, 0.1) is 0 Å². The number of furan rings is 1. The maximum Gasteiger partial charge on any atom is 0.408 e. The predicted molar refractivity (Wildman–Crippen MR) is 119 cm³/mol. The summed E-state index contributed by atoms with van der Waals surface area (Å²) in [7, 11) is 1.41. The molecule has 3 aromatic carbocycles. The number of rotatable bonds is 8. The molecule has 2 N–H and O–H groups in total. The van der Waals surface area contributed by atoms with E-state index in [9.17, 15) is 14.7 Å². The van der Waals surface area contributed by atoms with Crippen molar-refractivity contribution in [2.24, 2.45) is 0 Å². The third kappa shape index (κ3) is 4.90. The second kappa shape index (κ2) is 9.78. The predicted octanol–water partition coefficient (Wildman–Crippen LogP) is 5.29. The molecule has 0 spiro atoms. The number of aliphatic carboxylic acids is 1. The van der Waals surface area contributed by atoms with E-state index >= 15 is 0 Å². The van der Waals surface area contributed by atoms with Crippen LogP contribution >= 0.6 is 0 Å². The zero-order valence-corrected chi connectivity index (χ0v) is 17.7.